The number of rotatable bonds is 5. The van der Waals surface area contributed by atoms with E-state index in [4.69, 9.17) is 4.74 Å². The van der Waals surface area contributed by atoms with Crippen LogP contribution in [0.4, 0.5) is 0 Å². The molecule has 0 saturated carbocycles. The van der Waals surface area contributed by atoms with Crippen molar-refractivity contribution in [3.05, 3.63) is 64.6 Å². The number of hydrogen-bond acceptors (Lipinski definition) is 3. The van der Waals surface area contributed by atoms with Gasteiger partial charge in [0.2, 0.25) is 6.10 Å². The number of halogens is 2. The van der Waals surface area contributed by atoms with Gasteiger partial charge in [-0.3, -0.25) is 4.79 Å². The molecular formula is C18H20BrClN2O2. The monoisotopic (exact) mass is 410 g/mol. The molecule has 2 N–H and O–H groups in total. The van der Waals surface area contributed by atoms with Gasteiger partial charge in [0, 0.05) is 18.2 Å². The molecule has 6 heteroatoms. The summed E-state index contributed by atoms with van der Waals surface area (Å²) >= 11 is 3.47. The van der Waals surface area contributed by atoms with E-state index in [2.05, 4.69) is 26.6 Å². The lowest BCUT2D eigenvalue weighted by Gasteiger charge is -2.22. The first kappa shape index (κ1) is 18.8. The third-order valence-corrected chi connectivity index (χ3v) is 4.48. The lowest BCUT2D eigenvalue weighted by atomic mass is 10.1. The second-order valence-electron chi connectivity index (χ2n) is 5.54. The Morgan fingerprint density at radius 3 is 2.54 bits per heavy atom. The zero-order valence-electron chi connectivity index (χ0n) is 13.1. The molecule has 24 heavy (non-hydrogen) atoms. The molecule has 0 spiro atoms. The van der Waals surface area contributed by atoms with Crippen LogP contribution in [0.15, 0.2) is 59.1 Å². The number of para-hydroxylation sites is 1. The zero-order valence-corrected chi connectivity index (χ0v) is 15.5. The van der Waals surface area contributed by atoms with Crippen molar-refractivity contribution in [2.45, 2.75) is 18.6 Å². The number of benzene rings is 2. The fourth-order valence-electron chi connectivity index (χ4n) is 2.62. The van der Waals surface area contributed by atoms with Crippen LogP contribution in [-0.2, 0) is 4.79 Å². The van der Waals surface area contributed by atoms with E-state index < -0.39 is 6.10 Å². The standard InChI is InChI=1S/C18H19BrN2O2.ClH/c19-15-8-4-5-9-16(15)23-17(13-6-2-1-3-7-13)18(22)21-14-10-11-20-12-14;/h1-9,14,17,20H,10-12H2,(H,21,22);1H. The van der Waals surface area contributed by atoms with Crippen molar-refractivity contribution in [3.8, 4) is 5.75 Å². The minimum Gasteiger partial charge on any atom is -0.475 e. The molecule has 3 rings (SSSR count). The first-order chi connectivity index (χ1) is 11.2. The average molecular weight is 412 g/mol. The maximum absolute atomic E-state index is 12.7. The topological polar surface area (TPSA) is 50.4 Å². The smallest absolute Gasteiger partial charge is 0.266 e. The van der Waals surface area contributed by atoms with E-state index >= 15 is 0 Å². The van der Waals surface area contributed by atoms with E-state index in [0.717, 1.165) is 29.5 Å². The van der Waals surface area contributed by atoms with Crippen molar-refractivity contribution in [2.24, 2.45) is 0 Å². The van der Waals surface area contributed by atoms with Crippen LogP contribution < -0.4 is 15.4 Å². The maximum Gasteiger partial charge on any atom is 0.266 e. The Morgan fingerprint density at radius 2 is 1.88 bits per heavy atom. The molecule has 1 aliphatic rings. The molecule has 1 heterocycles. The molecule has 4 nitrogen and oxygen atoms in total. The number of carbonyl (C=O) groups excluding carboxylic acids is 1. The SMILES string of the molecule is Cl.O=C(NC1CCNC1)C(Oc1ccccc1Br)c1ccccc1. The highest BCUT2D eigenvalue weighted by Gasteiger charge is 2.26. The van der Waals surface area contributed by atoms with Crippen LogP contribution in [0.25, 0.3) is 0 Å². The lowest BCUT2D eigenvalue weighted by molar-refractivity contribution is -0.128. The maximum atomic E-state index is 12.7. The molecule has 2 aromatic carbocycles. The zero-order chi connectivity index (χ0) is 16.1. The number of amides is 1. The van der Waals surface area contributed by atoms with Crippen molar-refractivity contribution in [3.63, 3.8) is 0 Å². The third kappa shape index (κ3) is 4.72. The summed E-state index contributed by atoms with van der Waals surface area (Å²) in [6, 6.07) is 17.3. The summed E-state index contributed by atoms with van der Waals surface area (Å²) in [4.78, 5) is 12.7. The van der Waals surface area contributed by atoms with E-state index in [9.17, 15) is 4.79 Å². The van der Waals surface area contributed by atoms with Gasteiger partial charge in [-0.15, -0.1) is 12.4 Å². The molecule has 0 bridgehead atoms. The predicted molar refractivity (Wildman–Crippen MR) is 101 cm³/mol. The van der Waals surface area contributed by atoms with Crippen LogP contribution in [0, 0.1) is 0 Å². The molecule has 1 amide bonds. The summed E-state index contributed by atoms with van der Waals surface area (Å²) in [6.07, 6.45) is 0.276. The Balaban J connectivity index is 0.00000208. The van der Waals surface area contributed by atoms with Crippen molar-refractivity contribution >= 4 is 34.2 Å². The van der Waals surface area contributed by atoms with Crippen LogP contribution in [0.1, 0.15) is 18.1 Å². The fourth-order valence-corrected chi connectivity index (χ4v) is 3.00. The van der Waals surface area contributed by atoms with E-state index in [1.54, 1.807) is 0 Å². The van der Waals surface area contributed by atoms with E-state index in [-0.39, 0.29) is 24.4 Å². The first-order valence-electron chi connectivity index (χ1n) is 7.71. The molecule has 2 unspecified atom stereocenters. The Bertz CT molecular complexity index is 663. The minimum atomic E-state index is -0.671. The fraction of sp³-hybridized carbons (Fsp3) is 0.278. The quantitative estimate of drug-likeness (QED) is 0.792. The Hall–Kier alpha value is -1.56. The second-order valence-corrected chi connectivity index (χ2v) is 6.39. The predicted octanol–water partition coefficient (Wildman–Crippen LogP) is 3.47. The first-order valence-corrected chi connectivity index (χ1v) is 8.50. The summed E-state index contributed by atoms with van der Waals surface area (Å²) in [5, 5.41) is 6.33. The molecule has 1 aliphatic heterocycles. The summed E-state index contributed by atoms with van der Waals surface area (Å²) in [5.74, 6) is 0.543. The number of hydrogen-bond donors (Lipinski definition) is 2. The van der Waals surface area contributed by atoms with Crippen LogP contribution in [0.3, 0.4) is 0 Å². The van der Waals surface area contributed by atoms with Gasteiger partial charge in [-0.05, 0) is 41.0 Å². The average Bonchev–Trinajstić information content (AvgIpc) is 3.08. The van der Waals surface area contributed by atoms with Crippen molar-refractivity contribution in [1.82, 2.24) is 10.6 Å². The van der Waals surface area contributed by atoms with Gasteiger partial charge in [-0.1, -0.05) is 42.5 Å². The molecular weight excluding hydrogens is 392 g/mol. The van der Waals surface area contributed by atoms with Gasteiger partial charge >= 0.3 is 0 Å². The molecule has 2 atom stereocenters. The minimum absolute atomic E-state index is 0. The summed E-state index contributed by atoms with van der Waals surface area (Å²) in [5.41, 5.74) is 0.840. The van der Waals surface area contributed by atoms with Gasteiger partial charge in [-0.25, -0.2) is 0 Å². The Kier molecular flexibility index (Phi) is 7.09. The molecule has 128 valence electrons. The summed E-state index contributed by atoms with van der Waals surface area (Å²) in [7, 11) is 0. The highest BCUT2D eigenvalue weighted by molar-refractivity contribution is 9.10. The summed E-state index contributed by atoms with van der Waals surface area (Å²) in [6.45, 7) is 1.74. The van der Waals surface area contributed by atoms with Gasteiger partial charge in [-0.2, -0.15) is 0 Å². The van der Waals surface area contributed by atoms with Crippen molar-refractivity contribution in [2.75, 3.05) is 13.1 Å². The van der Waals surface area contributed by atoms with Gasteiger partial charge < -0.3 is 15.4 Å². The molecule has 0 radical (unpaired) electrons. The van der Waals surface area contributed by atoms with Crippen LogP contribution >= 0.6 is 28.3 Å². The van der Waals surface area contributed by atoms with Gasteiger partial charge in [0.05, 0.1) is 4.47 Å². The molecule has 2 aromatic rings. The van der Waals surface area contributed by atoms with Crippen LogP contribution in [-0.4, -0.2) is 25.0 Å². The van der Waals surface area contributed by atoms with Crippen molar-refractivity contribution in [1.29, 1.82) is 0 Å². The van der Waals surface area contributed by atoms with Crippen LogP contribution in [0.2, 0.25) is 0 Å². The van der Waals surface area contributed by atoms with E-state index in [1.165, 1.54) is 0 Å². The highest BCUT2D eigenvalue weighted by Crippen LogP contribution is 2.29. The molecule has 0 aromatic heterocycles. The second kappa shape index (κ2) is 9.06. The molecule has 1 saturated heterocycles. The third-order valence-electron chi connectivity index (χ3n) is 3.83. The molecule has 0 aliphatic carbocycles. The normalized spacial score (nSPS) is 17.6. The Labute approximate surface area is 156 Å². The van der Waals surface area contributed by atoms with Crippen molar-refractivity contribution < 1.29 is 9.53 Å². The van der Waals surface area contributed by atoms with Crippen LogP contribution in [0.5, 0.6) is 5.75 Å². The lowest BCUT2D eigenvalue weighted by Crippen LogP contribution is -2.40. The van der Waals surface area contributed by atoms with E-state index in [1.807, 2.05) is 54.6 Å². The molecule has 1 fully saturated rings. The highest BCUT2D eigenvalue weighted by atomic mass is 79.9. The van der Waals surface area contributed by atoms with Gasteiger partial charge in [0.15, 0.2) is 0 Å². The van der Waals surface area contributed by atoms with Gasteiger partial charge in [0.25, 0.3) is 5.91 Å². The number of carbonyl (C=O) groups is 1. The number of nitrogens with one attached hydrogen (secondary N) is 2. The van der Waals surface area contributed by atoms with Gasteiger partial charge in [0.1, 0.15) is 5.75 Å². The largest absolute Gasteiger partial charge is 0.475 e. The summed E-state index contributed by atoms with van der Waals surface area (Å²) < 4.78 is 6.85. The number of ether oxygens (including phenoxy) is 1. The van der Waals surface area contributed by atoms with E-state index in [0.29, 0.717) is 5.75 Å². The Morgan fingerprint density at radius 1 is 1.17 bits per heavy atom.